The number of anilines is 1. The van der Waals surface area contributed by atoms with E-state index in [1.165, 1.54) is 35.2 Å². The number of aromatic nitrogens is 2. The number of benzene rings is 1. The molecule has 8 heteroatoms. The fourth-order valence-corrected chi connectivity index (χ4v) is 2.41. The predicted octanol–water partition coefficient (Wildman–Crippen LogP) is 3.44. The van der Waals surface area contributed by atoms with Crippen LogP contribution in [-0.2, 0) is 6.54 Å². The van der Waals surface area contributed by atoms with Gasteiger partial charge in [-0.1, -0.05) is 34.4 Å². The summed E-state index contributed by atoms with van der Waals surface area (Å²) in [6.07, 6.45) is 2.82. The van der Waals surface area contributed by atoms with Crippen LogP contribution in [0.25, 0.3) is 0 Å². The van der Waals surface area contributed by atoms with Crippen molar-refractivity contribution in [2.24, 2.45) is 0 Å². The lowest BCUT2D eigenvalue weighted by molar-refractivity contribution is 0.102. The highest BCUT2D eigenvalue weighted by molar-refractivity contribution is 6.42. The van der Waals surface area contributed by atoms with Crippen LogP contribution in [0, 0.1) is 0 Å². The summed E-state index contributed by atoms with van der Waals surface area (Å²) in [4.78, 5) is 24.2. The van der Waals surface area contributed by atoms with E-state index >= 15 is 0 Å². The first-order chi connectivity index (χ1) is 11.5. The summed E-state index contributed by atoms with van der Waals surface area (Å²) < 4.78 is 6.06. The van der Waals surface area contributed by atoms with Crippen LogP contribution in [0.2, 0.25) is 10.0 Å². The van der Waals surface area contributed by atoms with Crippen molar-refractivity contribution in [3.05, 3.63) is 80.4 Å². The van der Waals surface area contributed by atoms with Crippen molar-refractivity contribution in [3.63, 3.8) is 0 Å². The van der Waals surface area contributed by atoms with Crippen LogP contribution < -0.4 is 10.9 Å². The topological polar surface area (TPSA) is 77.1 Å². The maximum atomic E-state index is 12.2. The summed E-state index contributed by atoms with van der Waals surface area (Å²) in [7, 11) is 0. The highest BCUT2D eigenvalue weighted by Gasteiger charge is 2.10. The van der Waals surface area contributed by atoms with Crippen LogP contribution in [0.1, 0.15) is 15.9 Å². The zero-order valence-electron chi connectivity index (χ0n) is 12.2. The van der Waals surface area contributed by atoms with Gasteiger partial charge in [-0.05, 0) is 23.8 Å². The predicted molar refractivity (Wildman–Crippen MR) is 90.7 cm³/mol. The summed E-state index contributed by atoms with van der Waals surface area (Å²) in [5.74, 6) is -0.103. The van der Waals surface area contributed by atoms with Crippen molar-refractivity contribution < 1.29 is 9.32 Å². The van der Waals surface area contributed by atoms with Crippen molar-refractivity contribution >= 4 is 34.9 Å². The van der Waals surface area contributed by atoms with Crippen molar-refractivity contribution in [2.45, 2.75) is 6.54 Å². The van der Waals surface area contributed by atoms with Gasteiger partial charge in [0.2, 0.25) is 0 Å². The molecule has 122 valence electrons. The Hall–Kier alpha value is -2.57. The fourth-order valence-electron chi connectivity index (χ4n) is 2.09. The quantitative estimate of drug-likeness (QED) is 0.769. The number of halogens is 2. The fraction of sp³-hybridized carbons (Fsp3) is 0.0625. The van der Waals surface area contributed by atoms with E-state index in [4.69, 9.17) is 23.2 Å². The Balaban J connectivity index is 1.84. The monoisotopic (exact) mass is 363 g/mol. The molecule has 0 saturated heterocycles. The van der Waals surface area contributed by atoms with Gasteiger partial charge in [0.05, 0.1) is 22.2 Å². The number of hydrogen-bond donors (Lipinski definition) is 1. The van der Waals surface area contributed by atoms with Gasteiger partial charge in [0, 0.05) is 18.3 Å². The summed E-state index contributed by atoms with van der Waals surface area (Å²) in [6, 6.07) is 9.40. The minimum absolute atomic E-state index is 0.237. The molecule has 24 heavy (non-hydrogen) atoms. The molecule has 0 atom stereocenters. The number of amides is 1. The zero-order valence-corrected chi connectivity index (χ0v) is 13.7. The Kier molecular flexibility index (Phi) is 4.69. The first-order valence-electron chi connectivity index (χ1n) is 6.89. The molecule has 0 spiro atoms. The van der Waals surface area contributed by atoms with Crippen molar-refractivity contribution in [1.29, 1.82) is 0 Å². The first kappa shape index (κ1) is 16.3. The van der Waals surface area contributed by atoms with E-state index in [0.717, 1.165) is 5.56 Å². The summed E-state index contributed by atoms with van der Waals surface area (Å²) in [5.41, 5.74) is 0.872. The van der Waals surface area contributed by atoms with E-state index in [-0.39, 0.29) is 12.1 Å². The maximum Gasteiger partial charge on any atom is 0.258 e. The Morgan fingerprint density at radius 2 is 2.00 bits per heavy atom. The van der Waals surface area contributed by atoms with Crippen molar-refractivity contribution in [3.8, 4) is 0 Å². The molecule has 3 aromatic rings. The zero-order chi connectivity index (χ0) is 17.1. The van der Waals surface area contributed by atoms with Gasteiger partial charge >= 0.3 is 0 Å². The molecule has 0 saturated carbocycles. The number of nitrogens with one attached hydrogen (secondary N) is 1. The molecule has 0 aliphatic rings. The molecule has 2 heterocycles. The van der Waals surface area contributed by atoms with Crippen LogP contribution in [0.4, 0.5) is 5.82 Å². The molecule has 0 aliphatic heterocycles. The summed E-state index contributed by atoms with van der Waals surface area (Å²) in [6.45, 7) is 0.265. The van der Waals surface area contributed by atoms with Gasteiger partial charge < -0.3 is 14.4 Å². The van der Waals surface area contributed by atoms with Crippen LogP contribution in [0.15, 0.2) is 58.2 Å². The number of rotatable bonds is 4. The van der Waals surface area contributed by atoms with Crippen LogP contribution >= 0.6 is 23.2 Å². The Morgan fingerprint density at radius 3 is 2.71 bits per heavy atom. The van der Waals surface area contributed by atoms with Crippen molar-refractivity contribution in [1.82, 2.24) is 9.72 Å². The first-order valence-corrected chi connectivity index (χ1v) is 7.65. The second-order valence-corrected chi connectivity index (χ2v) is 5.79. The second-order valence-electron chi connectivity index (χ2n) is 4.97. The van der Waals surface area contributed by atoms with Crippen LogP contribution in [0.3, 0.4) is 0 Å². The van der Waals surface area contributed by atoms with Gasteiger partial charge in [-0.3, -0.25) is 9.59 Å². The highest BCUT2D eigenvalue weighted by Crippen LogP contribution is 2.22. The van der Waals surface area contributed by atoms with E-state index < -0.39 is 5.91 Å². The molecule has 0 bridgehead atoms. The third-order valence-electron chi connectivity index (χ3n) is 3.26. The summed E-state index contributed by atoms with van der Waals surface area (Å²) in [5, 5.41) is 7.02. The van der Waals surface area contributed by atoms with Crippen LogP contribution in [-0.4, -0.2) is 15.6 Å². The molecule has 2 aromatic heterocycles. The van der Waals surface area contributed by atoms with E-state index in [1.54, 1.807) is 18.2 Å². The molecule has 0 fully saturated rings. The van der Waals surface area contributed by atoms with Gasteiger partial charge in [0.15, 0.2) is 5.82 Å². The lowest BCUT2D eigenvalue weighted by Gasteiger charge is -2.09. The molecule has 1 N–H and O–H groups in total. The average molecular weight is 364 g/mol. The van der Waals surface area contributed by atoms with Crippen LogP contribution in [0.5, 0.6) is 0 Å². The third kappa shape index (κ3) is 3.67. The molecule has 0 aliphatic carbocycles. The van der Waals surface area contributed by atoms with E-state index in [0.29, 0.717) is 21.4 Å². The molecule has 1 amide bonds. The number of hydrogen-bond acceptors (Lipinski definition) is 4. The third-order valence-corrected chi connectivity index (χ3v) is 4.00. The van der Waals surface area contributed by atoms with Gasteiger partial charge in [-0.25, -0.2) is 0 Å². The number of nitrogens with zero attached hydrogens (tertiary/aromatic N) is 2. The molecule has 1 aromatic carbocycles. The standard InChI is InChI=1S/C16H11Cl2N3O3/c17-12-3-1-10(7-13(12)18)8-21-9-11(2-4-15(21)22)16(23)19-14-5-6-24-20-14/h1-7,9H,8H2,(H,19,20,23). The number of carbonyl (C=O) groups is 1. The average Bonchev–Trinajstić information content (AvgIpc) is 3.06. The molecule has 6 nitrogen and oxygen atoms in total. The SMILES string of the molecule is O=C(Nc1ccon1)c1ccc(=O)n(Cc2ccc(Cl)c(Cl)c2)c1. The highest BCUT2D eigenvalue weighted by atomic mass is 35.5. The minimum atomic E-state index is -0.396. The summed E-state index contributed by atoms with van der Waals surface area (Å²) >= 11 is 11.9. The second kappa shape index (κ2) is 6.90. The number of pyridine rings is 1. The Labute approximate surface area is 146 Å². The van der Waals surface area contributed by atoms with Crippen molar-refractivity contribution in [2.75, 3.05) is 5.32 Å². The normalized spacial score (nSPS) is 10.6. The largest absolute Gasteiger partial charge is 0.363 e. The molecule has 0 radical (unpaired) electrons. The lowest BCUT2D eigenvalue weighted by Crippen LogP contribution is -2.22. The smallest absolute Gasteiger partial charge is 0.258 e. The van der Waals surface area contributed by atoms with E-state index in [1.807, 2.05) is 0 Å². The van der Waals surface area contributed by atoms with E-state index in [9.17, 15) is 9.59 Å². The molecule has 3 rings (SSSR count). The Bertz CT molecular complexity index is 936. The number of carbonyl (C=O) groups excluding carboxylic acids is 1. The minimum Gasteiger partial charge on any atom is -0.363 e. The van der Waals surface area contributed by atoms with E-state index in [2.05, 4.69) is 15.0 Å². The van der Waals surface area contributed by atoms with Gasteiger partial charge in [0.25, 0.3) is 11.5 Å². The molecular weight excluding hydrogens is 353 g/mol. The molecule has 0 unspecified atom stereocenters. The lowest BCUT2D eigenvalue weighted by atomic mass is 10.2. The van der Waals surface area contributed by atoms with Gasteiger partial charge in [0.1, 0.15) is 6.26 Å². The molecular formula is C16H11Cl2N3O3. The van der Waals surface area contributed by atoms with Gasteiger partial charge in [-0.2, -0.15) is 0 Å². The Morgan fingerprint density at radius 1 is 1.17 bits per heavy atom. The maximum absolute atomic E-state index is 12.2. The van der Waals surface area contributed by atoms with Gasteiger partial charge in [-0.15, -0.1) is 0 Å².